The Hall–Kier alpha value is -1.81. The van der Waals surface area contributed by atoms with E-state index in [-0.39, 0.29) is 6.04 Å². The lowest BCUT2D eigenvalue weighted by Crippen LogP contribution is -2.14. The van der Waals surface area contributed by atoms with E-state index in [4.69, 9.17) is 10.5 Å². The lowest BCUT2D eigenvalue weighted by molar-refractivity contribution is 0.340. The highest BCUT2D eigenvalue weighted by atomic mass is 16.5. The summed E-state index contributed by atoms with van der Waals surface area (Å²) >= 11 is 0. The van der Waals surface area contributed by atoms with Crippen LogP contribution in [-0.2, 0) is 7.05 Å². The molecule has 4 nitrogen and oxygen atoms in total. The number of benzene rings is 1. The number of aryl methyl sites for hydroxylation is 2. The smallest absolute Gasteiger partial charge is 0.119 e. The van der Waals surface area contributed by atoms with Crippen LogP contribution in [-0.4, -0.2) is 16.4 Å². The quantitative estimate of drug-likeness (QED) is 0.917. The highest BCUT2D eigenvalue weighted by molar-refractivity contribution is 5.39. The van der Waals surface area contributed by atoms with Gasteiger partial charge in [0.25, 0.3) is 0 Å². The minimum absolute atomic E-state index is 0.172. The predicted molar refractivity (Wildman–Crippen MR) is 76.3 cm³/mol. The van der Waals surface area contributed by atoms with Crippen LogP contribution in [0.5, 0.6) is 5.75 Å². The van der Waals surface area contributed by atoms with Gasteiger partial charge < -0.3 is 10.5 Å². The molecule has 0 fully saturated rings. The molecule has 0 saturated heterocycles. The van der Waals surface area contributed by atoms with Crippen LogP contribution >= 0.6 is 0 Å². The van der Waals surface area contributed by atoms with Crippen molar-refractivity contribution in [3.63, 3.8) is 0 Å². The second-order valence-corrected chi connectivity index (χ2v) is 4.69. The van der Waals surface area contributed by atoms with Gasteiger partial charge in [-0.3, -0.25) is 4.68 Å². The Morgan fingerprint density at radius 1 is 1.37 bits per heavy atom. The maximum absolute atomic E-state index is 6.39. The molecule has 0 spiro atoms. The SMILES string of the molecule is CCOc1cccc(C(N)c2c(C)nn(C)c2C)c1. The summed E-state index contributed by atoms with van der Waals surface area (Å²) in [5.41, 5.74) is 10.6. The fraction of sp³-hybridized carbons (Fsp3) is 0.400. The topological polar surface area (TPSA) is 53.1 Å². The van der Waals surface area contributed by atoms with Crippen molar-refractivity contribution in [1.82, 2.24) is 9.78 Å². The van der Waals surface area contributed by atoms with Crippen LogP contribution in [0, 0.1) is 13.8 Å². The van der Waals surface area contributed by atoms with Crippen molar-refractivity contribution in [2.24, 2.45) is 12.8 Å². The Labute approximate surface area is 114 Å². The van der Waals surface area contributed by atoms with Gasteiger partial charge in [0, 0.05) is 18.3 Å². The summed E-state index contributed by atoms with van der Waals surface area (Å²) in [6.45, 7) is 6.67. The second kappa shape index (κ2) is 5.45. The third kappa shape index (κ3) is 2.63. The van der Waals surface area contributed by atoms with Gasteiger partial charge >= 0.3 is 0 Å². The van der Waals surface area contributed by atoms with Crippen molar-refractivity contribution in [2.45, 2.75) is 26.8 Å². The minimum atomic E-state index is -0.172. The van der Waals surface area contributed by atoms with Gasteiger partial charge in [-0.15, -0.1) is 0 Å². The molecule has 1 atom stereocenters. The fourth-order valence-electron chi connectivity index (χ4n) is 2.37. The highest BCUT2D eigenvalue weighted by Crippen LogP contribution is 2.27. The zero-order valence-electron chi connectivity index (χ0n) is 12.0. The Bertz CT molecular complexity index is 575. The third-order valence-electron chi connectivity index (χ3n) is 3.40. The van der Waals surface area contributed by atoms with Crippen molar-refractivity contribution in [2.75, 3.05) is 6.61 Å². The van der Waals surface area contributed by atoms with E-state index in [1.807, 2.05) is 56.8 Å². The molecule has 1 heterocycles. The first-order valence-electron chi connectivity index (χ1n) is 6.53. The van der Waals surface area contributed by atoms with Gasteiger partial charge in [0.05, 0.1) is 18.3 Å². The first-order chi connectivity index (χ1) is 9.04. The number of hydrogen-bond acceptors (Lipinski definition) is 3. The second-order valence-electron chi connectivity index (χ2n) is 4.69. The maximum Gasteiger partial charge on any atom is 0.119 e. The highest BCUT2D eigenvalue weighted by Gasteiger charge is 2.18. The molecule has 102 valence electrons. The van der Waals surface area contributed by atoms with Gasteiger partial charge in [-0.2, -0.15) is 5.10 Å². The summed E-state index contributed by atoms with van der Waals surface area (Å²) < 4.78 is 7.39. The Morgan fingerprint density at radius 2 is 2.11 bits per heavy atom. The maximum atomic E-state index is 6.39. The Kier molecular flexibility index (Phi) is 3.90. The summed E-state index contributed by atoms with van der Waals surface area (Å²) in [7, 11) is 1.94. The van der Waals surface area contributed by atoms with Crippen molar-refractivity contribution >= 4 is 0 Å². The van der Waals surface area contributed by atoms with Crippen molar-refractivity contribution < 1.29 is 4.74 Å². The number of ether oxygens (including phenoxy) is 1. The van der Waals surface area contributed by atoms with Crippen LogP contribution in [0.15, 0.2) is 24.3 Å². The first kappa shape index (κ1) is 13.6. The zero-order valence-corrected chi connectivity index (χ0v) is 12.0. The summed E-state index contributed by atoms with van der Waals surface area (Å²) in [5.74, 6) is 0.856. The molecule has 0 aliphatic rings. The first-order valence-corrected chi connectivity index (χ1v) is 6.53. The molecule has 4 heteroatoms. The predicted octanol–water partition coefficient (Wildman–Crippen LogP) is 2.48. The van der Waals surface area contributed by atoms with Crippen LogP contribution in [0.25, 0.3) is 0 Å². The van der Waals surface area contributed by atoms with Crippen molar-refractivity contribution in [1.29, 1.82) is 0 Å². The average Bonchev–Trinajstić information content (AvgIpc) is 2.63. The molecular formula is C15H21N3O. The van der Waals surface area contributed by atoms with Crippen LogP contribution in [0.1, 0.15) is 35.5 Å². The molecule has 1 unspecified atom stereocenters. The average molecular weight is 259 g/mol. The lowest BCUT2D eigenvalue weighted by atomic mass is 9.98. The summed E-state index contributed by atoms with van der Waals surface area (Å²) in [4.78, 5) is 0. The summed E-state index contributed by atoms with van der Waals surface area (Å²) in [5, 5.41) is 4.42. The number of nitrogens with zero attached hydrogens (tertiary/aromatic N) is 2. The molecule has 0 radical (unpaired) electrons. The van der Waals surface area contributed by atoms with Gasteiger partial charge in [0.2, 0.25) is 0 Å². The molecule has 0 saturated carbocycles. The molecule has 2 aromatic rings. The van der Waals surface area contributed by atoms with Gasteiger partial charge in [0.1, 0.15) is 5.75 Å². The van der Waals surface area contributed by atoms with Crippen molar-refractivity contribution in [3.05, 3.63) is 46.8 Å². The van der Waals surface area contributed by atoms with Crippen LogP contribution in [0.4, 0.5) is 0 Å². The number of hydrogen-bond donors (Lipinski definition) is 1. The van der Waals surface area contributed by atoms with E-state index >= 15 is 0 Å². The summed E-state index contributed by atoms with van der Waals surface area (Å²) in [6.07, 6.45) is 0. The standard InChI is InChI=1S/C15H21N3O/c1-5-19-13-8-6-7-12(9-13)15(16)14-10(2)17-18(4)11(14)3/h6-9,15H,5,16H2,1-4H3. The van der Waals surface area contributed by atoms with Gasteiger partial charge in [0.15, 0.2) is 0 Å². The molecule has 2 N–H and O–H groups in total. The fourth-order valence-corrected chi connectivity index (χ4v) is 2.37. The van der Waals surface area contributed by atoms with E-state index < -0.39 is 0 Å². The zero-order chi connectivity index (χ0) is 14.0. The minimum Gasteiger partial charge on any atom is -0.494 e. The van der Waals surface area contributed by atoms with E-state index in [2.05, 4.69) is 5.10 Å². The molecule has 1 aromatic heterocycles. The van der Waals surface area contributed by atoms with Gasteiger partial charge in [-0.25, -0.2) is 0 Å². The van der Waals surface area contributed by atoms with Crippen LogP contribution in [0.3, 0.4) is 0 Å². The molecule has 0 bridgehead atoms. The molecule has 2 rings (SSSR count). The summed E-state index contributed by atoms with van der Waals surface area (Å²) in [6, 6.07) is 7.78. The normalized spacial score (nSPS) is 12.5. The molecule has 1 aromatic carbocycles. The van der Waals surface area contributed by atoms with Gasteiger partial charge in [-0.05, 0) is 38.5 Å². The molecule has 0 amide bonds. The Morgan fingerprint density at radius 3 is 2.68 bits per heavy atom. The molecule has 19 heavy (non-hydrogen) atoms. The Balaban J connectivity index is 2.38. The van der Waals surface area contributed by atoms with Crippen LogP contribution < -0.4 is 10.5 Å². The molecule has 0 aliphatic carbocycles. The van der Waals surface area contributed by atoms with E-state index in [0.29, 0.717) is 6.61 Å². The molecule has 0 aliphatic heterocycles. The number of aromatic nitrogens is 2. The van der Waals surface area contributed by atoms with E-state index in [1.165, 1.54) is 0 Å². The van der Waals surface area contributed by atoms with E-state index in [0.717, 1.165) is 28.3 Å². The lowest BCUT2D eigenvalue weighted by Gasteiger charge is -2.14. The van der Waals surface area contributed by atoms with E-state index in [9.17, 15) is 0 Å². The number of rotatable bonds is 4. The van der Waals surface area contributed by atoms with Crippen LogP contribution in [0.2, 0.25) is 0 Å². The largest absolute Gasteiger partial charge is 0.494 e. The molecular weight excluding hydrogens is 238 g/mol. The van der Waals surface area contributed by atoms with E-state index in [1.54, 1.807) is 0 Å². The van der Waals surface area contributed by atoms with Crippen molar-refractivity contribution in [3.8, 4) is 5.75 Å². The van der Waals surface area contributed by atoms with Gasteiger partial charge in [-0.1, -0.05) is 12.1 Å². The third-order valence-corrected chi connectivity index (χ3v) is 3.40. The number of nitrogens with two attached hydrogens (primary N) is 1. The monoisotopic (exact) mass is 259 g/mol.